The van der Waals surface area contributed by atoms with Gasteiger partial charge in [-0.1, -0.05) is 54.7 Å². The van der Waals surface area contributed by atoms with Gasteiger partial charge in [-0.25, -0.2) is 0 Å². The van der Waals surface area contributed by atoms with Gasteiger partial charge >= 0.3 is 0 Å². The highest BCUT2D eigenvalue weighted by molar-refractivity contribution is 5.72. The number of rotatable bonds is 5. The zero-order chi connectivity index (χ0) is 31.1. The topological polar surface area (TPSA) is 131 Å². The second-order valence-electron chi connectivity index (χ2n) is 13.2. The van der Waals surface area contributed by atoms with E-state index in [0.29, 0.717) is 25.7 Å². The summed E-state index contributed by atoms with van der Waals surface area (Å²) in [6.45, 7) is 3.78. The van der Waals surface area contributed by atoms with Crippen molar-refractivity contribution >= 4 is 12.2 Å². The fourth-order valence-corrected chi connectivity index (χ4v) is 7.66. The average molecular weight is 626 g/mol. The quantitative estimate of drug-likeness (QED) is 0.202. The summed E-state index contributed by atoms with van der Waals surface area (Å²) in [7, 11) is 0. The van der Waals surface area contributed by atoms with Gasteiger partial charge in [0.15, 0.2) is 0 Å². The molecule has 7 heterocycles. The van der Waals surface area contributed by atoms with E-state index in [0.717, 1.165) is 6.29 Å². The van der Waals surface area contributed by atoms with Crippen molar-refractivity contribution in [1.29, 1.82) is 0 Å². The molecule has 0 aromatic heterocycles. The van der Waals surface area contributed by atoms with Gasteiger partial charge in [0.1, 0.15) is 42.9 Å². The summed E-state index contributed by atoms with van der Waals surface area (Å²) in [4.78, 5) is 21.9. The van der Waals surface area contributed by atoms with Gasteiger partial charge in [-0.3, -0.25) is 9.59 Å². The van der Waals surface area contributed by atoms with Crippen LogP contribution in [0.3, 0.4) is 0 Å². The molecule has 0 saturated carbocycles. The van der Waals surface area contributed by atoms with Crippen molar-refractivity contribution in [3.05, 3.63) is 60.8 Å². The molecule has 0 aliphatic carbocycles. The Morgan fingerprint density at radius 3 is 2.29 bits per heavy atom. The molecule has 244 valence electrons. The zero-order valence-electron chi connectivity index (χ0n) is 25.6. The van der Waals surface area contributed by atoms with Crippen LogP contribution in [0.5, 0.6) is 0 Å². The van der Waals surface area contributed by atoms with Crippen LogP contribution in [0.15, 0.2) is 60.8 Å². The average Bonchev–Trinajstić information content (AvgIpc) is 3.29. The van der Waals surface area contributed by atoms with Gasteiger partial charge in [-0.2, -0.15) is 0 Å². The van der Waals surface area contributed by atoms with Crippen LogP contribution in [0.25, 0.3) is 0 Å². The first-order valence-electron chi connectivity index (χ1n) is 16.1. The molecule has 7 aliphatic rings. The summed E-state index contributed by atoms with van der Waals surface area (Å²) in [5.41, 5.74) is -0.592. The third-order valence-corrected chi connectivity index (χ3v) is 9.97. The summed E-state index contributed by atoms with van der Waals surface area (Å²) in [6, 6.07) is 0. The minimum absolute atomic E-state index is 0.156. The van der Waals surface area contributed by atoms with Crippen molar-refractivity contribution in [2.45, 2.75) is 131 Å². The van der Waals surface area contributed by atoms with E-state index < -0.39 is 17.8 Å². The minimum Gasteiger partial charge on any atom is -0.390 e. The van der Waals surface area contributed by atoms with Crippen LogP contribution in [0.2, 0.25) is 0 Å². The first-order chi connectivity index (χ1) is 21.8. The lowest BCUT2D eigenvalue weighted by atomic mass is 9.78. The van der Waals surface area contributed by atoms with Crippen molar-refractivity contribution in [1.82, 2.24) is 5.32 Å². The molecule has 7 rings (SSSR count). The summed E-state index contributed by atoms with van der Waals surface area (Å²) in [5, 5.41) is 13.5. The first-order valence-corrected chi connectivity index (χ1v) is 16.1. The number of hydrogen-bond acceptors (Lipinski definition) is 10. The Bertz CT molecular complexity index is 1260. The van der Waals surface area contributed by atoms with Crippen LogP contribution in [-0.4, -0.2) is 115 Å². The highest BCUT2D eigenvalue weighted by atomic mass is 16.6. The van der Waals surface area contributed by atoms with Crippen LogP contribution >= 0.6 is 0 Å². The fourth-order valence-electron chi connectivity index (χ4n) is 7.66. The number of amides is 1. The number of aliphatic hydroxyl groups is 1. The zero-order valence-corrected chi connectivity index (χ0v) is 25.6. The van der Waals surface area contributed by atoms with Crippen LogP contribution in [0, 0.1) is 0 Å². The molecular formula is C34H43NO10. The van der Waals surface area contributed by atoms with E-state index in [-0.39, 0.29) is 85.7 Å². The van der Waals surface area contributed by atoms with Crippen molar-refractivity contribution in [3.63, 3.8) is 0 Å². The molecule has 11 heteroatoms. The highest BCUT2D eigenvalue weighted by Crippen LogP contribution is 2.46. The molecule has 4 saturated heterocycles. The lowest BCUT2D eigenvalue weighted by Crippen LogP contribution is -2.65. The molecule has 0 radical (unpaired) electrons. The molecule has 7 aliphatic heterocycles. The molecule has 4 fully saturated rings. The molecule has 2 N–H and O–H groups in total. The largest absolute Gasteiger partial charge is 0.390 e. The van der Waals surface area contributed by atoms with Crippen molar-refractivity contribution < 1.29 is 47.9 Å². The van der Waals surface area contributed by atoms with Crippen LogP contribution in [0.4, 0.5) is 0 Å². The molecule has 0 unspecified atom stereocenters. The van der Waals surface area contributed by atoms with Crippen LogP contribution < -0.4 is 5.32 Å². The SMILES string of the molecule is CC(=O)NC[C@@H]1O[C@@H]2C[C@]3(C)O[C@@H]4C=C[C@@H]5O[C@@H]6C=C[C@@H]7O[C@H](C=CC=CC=O)C=C[C@H]7O[C@H]6C[C@H]5O[C@H]4C[C@H]3O[C@H]2C[C@H]1O. The number of ether oxygens (including phenoxy) is 7. The second kappa shape index (κ2) is 13.0. The van der Waals surface area contributed by atoms with Gasteiger partial charge in [0, 0.05) is 39.2 Å². The molecule has 0 bridgehead atoms. The maximum Gasteiger partial charge on any atom is 0.216 e. The smallest absolute Gasteiger partial charge is 0.216 e. The van der Waals surface area contributed by atoms with Gasteiger partial charge in [0.05, 0.1) is 54.4 Å². The second-order valence-corrected chi connectivity index (χ2v) is 13.2. The summed E-state index contributed by atoms with van der Waals surface area (Å²) in [6.07, 6.45) is 18.1. The van der Waals surface area contributed by atoms with Crippen molar-refractivity contribution in [2.75, 3.05) is 6.54 Å². The van der Waals surface area contributed by atoms with E-state index in [1.54, 1.807) is 12.2 Å². The predicted molar refractivity (Wildman–Crippen MR) is 160 cm³/mol. The predicted octanol–water partition coefficient (Wildman–Crippen LogP) is 1.79. The van der Waals surface area contributed by atoms with Crippen molar-refractivity contribution in [2.24, 2.45) is 0 Å². The number of aliphatic hydroxyl groups excluding tert-OH is 1. The normalized spacial score (nSPS) is 48.6. The minimum atomic E-state index is -0.726. The van der Waals surface area contributed by atoms with E-state index in [2.05, 4.69) is 24.4 Å². The maximum atomic E-state index is 11.4. The van der Waals surface area contributed by atoms with Gasteiger partial charge in [0.25, 0.3) is 0 Å². The Morgan fingerprint density at radius 1 is 0.778 bits per heavy atom. The molecule has 0 spiro atoms. The molecule has 0 aromatic rings. The van der Waals surface area contributed by atoms with E-state index in [4.69, 9.17) is 33.2 Å². The lowest BCUT2D eigenvalue weighted by molar-refractivity contribution is -0.314. The highest BCUT2D eigenvalue weighted by Gasteiger charge is 2.56. The Morgan fingerprint density at radius 2 is 1.49 bits per heavy atom. The third kappa shape index (κ3) is 6.55. The van der Waals surface area contributed by atoms with Gasteiger partial charge < -0.3 is 43.6 Å². The van der Waals surface area contributed by atoms with E-state index in [9.17, 15) is 14.7 Å². The summed E-state index contributed by atoms with van der Waals surface area (Å²) < 4.78 is 45.6. The monoisotopic (exact) mass is 625 g/mol. The molecule has 45 heavy (non-hydrogen) atoms. The molecule has 0 aromatic carbocycles. The number of nitrogens with one attached hydrogen (secondary N) is 1. The number of allylic oxidation sites excluding steroid dienone is 3. The van der Waals surface area contributed by atoms with Gasteiger partial charge in [0.2, 0.25) is 5.91 Å². The van der Waals surface area contributed by atoms with E-state index >= 15 is 0 Å². The third-order valence-electron chi connectivity index (χ3n) is 9.97. The van der Waals surface area contributed by atoms with E-state index in [1.807, 2.05) is 30.4 Å². The maximum absolute atomic E-state index is 11.4. The van der Waals surface area contributed by atoms with E-state index in [1.165, 1.54) is 13.0 Å². The number of carbonyl (C=O) groups excluding carboxylic acids is 2. The van der Waals surface area contributed by atoms with Crippen LogP contribution in [-0.2, 0) is 42.7 Å². The standard InChI is InChI=1S/C34H43NO10/c1-19(37)35-18-32-21(38)14-27-31(43-32)17-34(2)33(44-27)16-30-26(45-34)12-11-25-29(42-30)15-28-24(40-25)10-9-22-23(41-28)8-7-20(39-22)6-4-3-5-13-36/h3-13,20-33,38H,14-18H2,1-2H3,(H,35,37)/t20-,21-,22+,23-,24-,25+,26-,27+,28+,29-,30+,31-,32+,33-,34+/m1/s1. The summed E-state index contributed by atoms with van der Waals surface area (Å²) in [5.74, 6) is -0.156. The molecule has 11 nitrogen and oxygen atoms in total. The number of aldehydes is 1. The number of carbonyl (C=O) groups is 2. The first kappa shape index (κ1) is 31.1. The Hall–Kier alpha value is -2.48. The Kier molecular flexibility index (Phi) is 8.97. The van der Waals surface area contributed by atoms with Gasteiger partial charge in [-0.15, -0.1) is 0 Å². The molecular weight excluding hydrogens is 582 g/mol. The molecule has 15 atom stereocenters. The Balaban J connectivity index is 1.00. The fraction of sp³-hybridized carbons (Fsp3) is 0.647. The Labute approximate surface area is 263 Å². The molecule has 1 amide bonds. The van der Waals surface area contributed by atoms with Crippen molar-refractivity contribution in [3.8, 4) is 0 Å². The number of fused-ring (bicyclic) bond motifs is 6. The van der Waals surface area contributed by atoms with Crippen LogP contribution in [0.1, 0.15) is 39.5 Å². The number of hydrogen-bond donors (Lipinski definition) is 2. The lowest BCUT2D eigenvalue weighted by Gasteiger charge is -2.55. The van der Waals surface area contributed by atoms with Gasteiger partial charge in [-0.05, 0) is 13.0 Å². The summed E-state index contributed by atoms with van der Waals surface area (Å²) >= 11 is 0.